The normalized spacial score (nSPS) is 17.0. The Hall–Kier alpha value is -1.70. The molecular formula is C21H25F3N2OS. The second kappa shape index (κ2) is 9.20. The van der Waals surface area contributed by atoms with Gasteiger partial charge in [0.1, 0.15) is 0 Å². The summed E-state index contributed by atoms with van der Waals surface area (Å²) in [6.07, 6.45) is -4.76. The van der Waals surface area contributed by atoms with Crippen molar-refractivity contribution >= 4 is 17.4 Å². The molecule has 0 aliphatic carbocycles. The number of aryl methyl sites for hydroxylation is 1. The maximum Gasteiger partial charge on any atom is 0.416 e. The molecule has 1 N–H and O–H groups in total. The number of aliphatic hydroxyl groups is 1. The van der Waals surface area contributed by atoms with Crippen LogP contribution in [0.1, 0.15) is 11.1 Å². The van der Waals surface area contributed by atoms with Crippen LogP contribution in [0.3, 0.4) is 0 Å². The van der Waals surface area contributed by atoms with Gasteiger partial charge in [-0.2, -0.15) is 13.2 Å². The molecule has 1 fully saturated rings. The van der Waals surface area contributed by atoms with Gasteiger partial charge in [-0.05, 0) is 37.3 Å². The molecule has 1 saturated heterocycles. The molecular weight excluding hydrogens is 385 g/mol. The fourth-order valence-corrected chi connectivity index (χ4v) is 4.06. The van der Waals surface area contributed by atoms with E-state index >= 15 is 0 Å². The van der Waals surface area contributed by atoms with Gasteiger partial charge in [0.05, 0.1) is 11.7 Å². The highest BCUT2D eigenvalue weighted by Crippen LogP contribution is 2.32. The monoisotopic (exact) mass is 410 g/mol. The molecule has 1 heterocycles. The number of alkyl halides is 3. The second-order valence-corrected chi connectivity index (χ2v) is 8.21. The highest BCUT2D eigenvalue weighted by Gasteiger charge is 2.31. The number of aliphatic hydroxyl groups excluding tert-OH is 1. The first kappa shape index (κ1) is 21.0. The number of hydrogen-bond acceptors (Lipinski definition) is 4. The Morgan fingerprint density at radius 3 is 2.36 bits per heavy atom. The minimum atomic E-state index is -4.32. The van der Waals surface area contributed by atoms with Gasteiger partial charge in [-0.1, -0.05) is 23.8 Å². The Morgan fingerprint density at radius 1 is 1.04 bits per heavy atom. The number of rotatable bonds is 6. The molecule has 3 rings (SSSR count). The van der Waals surface area contributed by atoms with Crippen LogP contribution >= 0.6 is 11.8 Å². The number of anilines is 1. The van der Waals surface area contributed by atoms with Gasteiger partial charge >= 0.3 is 6.18 Å². The summed E-state index contributed by atoms with van der Waals surface area (Å²) in [7, 11) is 0. The van der Waals surface area contributed by atoms with Crippen LogP contribution < -0.4 is 4.90 Å². The van der Waals surface area contributed by atoms with Gasteiger partial charge in [-0.25, -0.2) is 0 Å². The van der Waals surface area contributed by atoms with Crippen molar-refractivity contribution in [3.05, 3.63) is 59.7 Å². The molecule has 0 spiro atoms. The van der Waals surface area contributed by atoms with E-state index in [0.29, 0.717) is 31.1 Å². The lowest BCUT2D eigenvalue weighted by atomic mass is 10.1. The summed E-state index contributed by atoms with van der Waals surface area (Å²) in [4.78, 5) is 5.28. The van der Waals surface area contributed by atoms with Gasteiger partial charge < -0.3 is 10.0 Å². The molecule has 152 valence electrons. The van der Waals surface area contributed by atoms with E-state index in [2.05, 4.69) is 29.2 Å². The first-order valence-corrected chi connectivity index (χ1v) is 10.3. The fourth-order valence-electron chi connectivity index (χ4n) is 3.25. The van der Waals surface area contributed by atoms with Crippen LogP contribution in [-0.2, 0) is 6.18 Å². The number of piperazine rings is 1. The van der Waals surface area contributed by atoms with E-state index in [1.54, 1.807) is 17.8 Å². The minimum Gasteiger partial charge on any atom is -0.391 e. The highest BCUT2D eigenvalue weighted by molar-refractivity contribution is 7.99. The Bertz CT molecular complexity index is 759. The molecule has 1 aliphatic heterocycles. The van der Waals surface area contributed by atoms with E-state index in [1.807, 2.05) is 11.8 Å². The van der Waals surface area contributed by atoms with Crippen molar-refractivity contribution in [2.24, 2.45) is 0 Å². The lowest BCUT2D eigenvalue weighted by Gasteiger charge is -2.37. The third-order valence-electron chi connectivity index (χ3n) is 4.84. The van der Waals surface area contributed by atoms with Gasteiger partial charge in [0, 0.05) is 49.1 Å². The molecule has 0 aromatic heterocycles. The molecule has 2 aromatic carbocycles. The predicted octanol–water partition coefficient (Wildman–Crippen LogP) is 4.29. The molecule has 2 aromatic rings. The lowest BCUT2D eigenvalue weighted by molar-refractivity contribution is -0.137. The number of hydrogen-bond donors (Lipinski definition) is 1. The zero-order chi connectivity index (χ0) is 20.1. The average molecular weight is 411 g/mol. The number of halogens is 3. The van der Waals surface area contributed by atoms with E-state index < -0.39 is 17.8 Å². The number of benzene rings is 2. The van der Waals surface area contributed by atoms with E-state index in [0.717, 1.165) is 24.1 Å². The van der Waals surface area contributed by atoms with Gasteiger partial charge in [-0.3, -0.25) is 4.90 Å². The van der Waals surface area contributed by atoms with Gasteiger partial charge in [0.25, 0.3) is 0 Å². The molecule has 28 heavy (non-hydrogen) atoms. The second-order valence-electron chi connectivity index (χ2n) is 7.11. The zero-order valence-electron chi connectivity index (χ0n) is 15.8. The van der Waals surface area contributed by atoms with Crippen molar-refractivity contribution in [3.63, 3.8) is 0 Å². The molecule has 0 saturated carbocycles. The smallest absolute Gasteiger partial charge is 0.391 e. The van der Waals surface area contributed by atoms with Gasteiger partial charge in [0.15, 0.2) is 0 Å². The van der Waals surface area contributed by atoms with Crippen LogP contribution in [0.25, 0.3) is 0 Å². The summed E-state index contributed by atoms with van der Waals surface area (Å²) in [6.45, 7) is 5.38. The number of nitrogens with zero attached hydrogens (tertiary/aromatic N) is 2. The predicted molar refractivity (Wildman–Crippen MR) is 108 cm³/mol. The number of β-amino-alcohol motifs (C(OH)–C–C–N with tert-alkyl or cyclic N) is 1. The third-order valence-corrected chi connectivity index (χ3v) is 6.00. The van der Waals surface area contributed by atoms with Crippen molar-refractivity contribution in [3.8, 4) is 0 Å². The van der Waals surface area contributed by atoms with Crippen LogP contribution in [0.5, 0.6) is 0 Å². The average Bonchev–Trinajstić information content (AvgIpc) is 2.68. The summed E-state index contributed by atoms with van der Waals surface area (Å²) < 4.78 is 38.7. The van der Waals surface area contributed by atoms with Crippen molar-refractivity contribution in [1.82, 2.24) is 4.90 Å². The standard InChI is InChI=1S/C21H25F3N2OS/c1-16-5-7-20(8-6-16)28-15-19(27)14-25-9-11-26(12-10-25)18-4-2-3-17(13-18)21(22,23)24/h2-8,13,19,27H,9-12,14-15H2,1H3/t19-/m0/s1. The Morgan fingerprint density at radius 2 is 1.71 bits per heavy atom. The maximum atomic E-state index is 12.9. The van der Waals surface area contributed by atoms with Crippen LogP contribution in [0, 0.1) is 6.92 Å². The van der Waals surface area contributed by atoms with Crippen LogP contribution in [0.2, 0.25) is 0 Å². The first-order valence-electron chi connectivity index (χ1n) is 9.33. The van der Waals surface area contributed by atoms with Crippen molar-refractivity contribution in [1.29, 1.82) is 0 Å². The number of thioether (sulfide) groups is 1. The minimum absolute atomic E-state index is 0.439. The Kier molecular flexibility index (Phi) is 6.91. The highest BCUT2D eigenvalue weighted by atomic mass is 32.2. The van der Waals surface area contributed by atoms with Crippen molar-refractivity contribution in [2.75, 3.05) is 43.4 Å². The third kappa shape index (κ3) is 5.90. The molecule has 1 aliphatic rings. The van der Waals surface area contributed by atoms with Crippen LogP contribution in [0.4, 0.5) is 18.9 Å². The molecule has 0 unspecified atom stereocenters. The topological polar surface area (TPSA) is 26.7 Å². The quantitative estimate of drug-likeness (QED) is 0.719. The molecule has 0 bridgehead atoms. The summed E-state index contributed by atoms with van der Waals surface area (Å²) in [5, 5.41) is 10.3. The summed E-state index contributed by atoms with van der Waals surface area (Å²) in [6, 6.07) is 13.7. The largest absolute Gasteiger partial charge is 0.416 e. The van der Waals surface area contributed by atoms with Gasteiger partial charge in [-0.15, -0.1) is 11.8 Å². The van der Waals surface area contributed by atoms with E-state index in [4.69, 9.17) is 0 Å². The molecule has 1 atom stereocenters. The van der Waals surface area contributed by atoms with E-state index in [1.165, 1.54) is 17.7 Å². The Labute approximate surface area is 168 Å². The SMILES string of the molecule is Cc1ccc(SC[C@@H](O)CN2CCN(c3cccc(C(F)(F)F)c3)CC2)cc1. The first-order chi connectivity index (χ1) is 13.3. The molecule has 0 amide bonds. The summed E-state index contributed by atoms with van der Waals surface area (Å²) in [5.41, 5.74) is 1.20. The van der Waals surface area contributed by atoms with Crippen molar-refractivity contribution < 1.29 is 18.3 Å². The van der Waals surface area contributed by atoms with Gasteiger partial charge in [0.2, 0.25) is 0 Å². The molecule has 0 radical (unpaired) electrons. The van der Waals surface area contributed by atoms with Crippen molar-refractivity contribution in [2.45, 2.75) is 24.1 Å². The molecule has 3 nitrogen and oxygen atoms in total. The Balaban J connectivity index is 1.45. The van der Waals surface area contributed by atoms with Crippen LogP contribution in [0.15, 0.2) is 53.4 Å². The molecule has 7 heteroatoms. The summed E-state index contributed by atoms with van der Waals surface area (Å²) in [5.74, 6) is 0.622. The van der Waals surface area contributed by atoms with E-state index in [-0.39, 0.29) is 0 Å². The maximum absolute atomic E-state index is 12.9. The fraction of sp³-hybridized carbons (Fsp3) is 0.429. The van der Waals surface area contributed by atoms with Crippen LogP contribution in [-0.4, -0.2) is 54.6 Å². The zero-order valence-corrected chi connectivity index (χ0v) is 16.6. The van der Waals surface area contributed by atoms with E-state index in [9.17, 15) is 18.3 Å². The lowest BCUT2D eigenvalue weighted by Crippen LogP contribution is -2.49. The summed E-state index contributed by atoms with van der Waals surface area (Å²) >= 11 is 1.63.